The molecule has 1 aromatic heterocycles. The molecule has 1 fully saturated rings. The van der Waals surface area contributed by atoms with Crippen molar-refractivity contribution in [1.82, 2.24) is 10.3 Å². The Balaban J connectivity index is 1.77. The molecule has 0 unspecified atom stereocenters. The first-order valence-electron chi connectivity index (χ1n) is 5.69. The van der Waals surface area contributed by atoms with Gasteiger partial charge in [-0.05, 0) is 53.7 Å². The Hall–Kier alpha value is -1.10. The minimum absolute atomic E-state index is 0.0291. The minimum Gasteiger partial charge on any atom is -0.481 e. The van der Waals surface area contributed by atoms with E-state index in [0.29, 0.717) is 16.3 Å². The van der Waals surface area contributed by atoms with Gasteiger partial charge in [-0.1, -0.05) is 0 Å². The maximum absolute atomic E-state index is 11.6. The maximum atomic E-state index is 11.6. The number of rotatable bonds is 5. The Morgan fingerprint density at radius 1 is 1.71 bits per heavy atom. The van der Waals surface area contributed by atoms with E-state index in [9.17, 15) is 4.79 Å². The molecule has 92 valence electrons. The number of ether oxygens (including phenoxy) is 1. The van der Waals surface area contributed by atoms with Gasteiger partial charge in [0.15, 0.2) is 12.4 Å². The van der Waals surface area contributed by atoms with Crippen LogP contribution >= 0.6 is 15.9 Å². The van der Waals surface area contributed by atoms with Gasteiger partial charge in [0, 0.05) is 12.2 Å². The first kappa shape index (κ1) is 12.4. The number of nitrogens with zero attached hydrogens (tertiary/aromatic N) is 1. The molecule has 1 N–H and O–H groups in total. The predicted molar refractivity (Wildman–Crippen MR) is 67.8 cm³/mol. The normalized spacial score (nSPS) is 16.4. The number of carbonyl (C=O) groups is 1. The summed E-state index contributed by atoms with van der Waals surface area (Å²) in [7, 11) is 0. The van der Waals surface area contributed by atoms with Gasteiger partial charge >= 0.3 is 0 Å². The average Bonchev–Trinajstić information content (AvgIpc) is 3.11. The summed E-state index contributed by atoms with van der Waals surface area (Å²) in [6.45, 7) is 2.07. The highest BCUT2D eigenvalue weighted by Gasteiger charge is 2.28. The topological polar surface area (TPSA) is 51.2 Å². The molecule has 0 bridgehead atoms. The van der Waals surface area contributed by atoms with Gasteiger partial charge in [0.1, 0.15) is 4.60 Å². The second-order valence-corrected chi connectivity index (χ2v) is 5.03. The summed E-state index contributed by atoms with van der Waals surface area (Å²) in [6.07, 6.45) is 4.10. The molecule has 1 amide bonds. The van der Waals surface area contributed by atoms with Crippen molar-refractivity contribution in [2.75, 3.05) is 6.61 Å². The number of amides is 1. The molecular formula is C12H15BrN2O2. The Bertz CT molecular complexity index is 407. The van der Waals surface area contributed by atoms with Crippen LogP contribution in [0.3, 0.4) is 0 Å². The second-order valence-electron chi connectivity index (χ2n) is 4.27. The third kappa shape index (κ3) is 3.70. The molecule has 1 heterocycles. The molecule has 1 aliphatic carbocycles. The number of halogens is 1. The van der Waals surface area contributed by atoms with Gasteiger partial charge < -0.3 is 10.1 Å². The third-order valence-electron chi connectivity index (χ3n) is 2.80. The molecule has 1 atom stereocenters. The molecule has 2 rings (SSSR count). The number of aromatic nitrogens is 1. The fraction of sp³-hybridized carbons (Fsp3) is 0.500. The van der Waals surface area contributed by atoms with Crippen LogP contribution in [0, 0.1) is 5.92 Å². The smallest absolute Gasteiger partial charge is 0.258 e. The highest BCUT2D eigenvalue weighted by molar-refractivity contribution is 9.10. The van der Waals surface area contributed by atoms with E-state index in [1.54, 1.807) is 18.3 Å². The van der Waals surface area contributed by atoms with E-state index in [1.807, 2.05) is 6.92 Å². The van der Waals surface area contributed by atoms with Crippen LogP contribution in [-0.2, 0) is 4.79 Å². The SMILES string of the molecule is C[C@H](NC(=O)COc1cccnc1Br)C1CC1. The number of hydrogen-bond acceptors (Lipinski definition) is 3. The Morgan fingerprint density at radius 2 is 2.47 bits per heavy atom. The van der Waals surface area contributed by atoms with Gasteiger partial charge in [-0.2, -0.15) is 0 Å². The number of carbonyl (C=O) groups excluding carboxylic acids is 1. The minimum atomic E-state index is -0.0832. The van der Waals surface area contributed by atoms with Crippen LogP contribution in [0.2, 0.25) is 0 Å². The zero-order valence-corrected chi connectivity index (χ0v) is 11.2. The highest BCUT2D eigenvalue weighted by Crippen LogP contribution is 2.32. The Kier molecular flexibility index (Phi) is 3.99. The number of pyridine rings is 1. The summed E-state index contributed by atoms with van der Waals surface area (Å²) in [6, 6.07) is 3.79. The first-order chi connectivity index (χ1) is 8.16. The largest absolute Gasteiger partial charge is 0.481 e. The van der Waals surface area contributed by atoms with Gasteiger partial charge in [-0.15, -0.1) is 0 Å². The van der Waals surface area contributed by atoms with Crippen molar-refractivity contribution in [2.45, 2.75) is 25.8 Å². The number of hydrogen-bond donors (Lipinski definition) is 1. The fourth-order valence-electron chi connectivity index (χ4n) is 1.63. The van der Waals surface area contributed by atoms with Crippen molar-refractivity contribution < 1.29 is 9.53 Å². The summed E-state index contributed by atoms with van der Waals surface area (Å²) in [4.78, 5) is 15.6. The summed E-state index contributed by atoms with van der Waals surface area (Å²) < 4.78 is 5.99. The van der Waals surface area contributed by atoms with E-state index < -0.39 is 0 Å². The van der Waals surface area contributed by atoms with Crippen LogP contribution in [0.15, 0.2) is 22.9 Å². The molecule has 0 aromatic carbocycles. The zero-order chi connectivity index (χ0) is 12.3. The summed E-state index contributed by atoms with van der Waals surface area (Å²) in [5.74, 6) is 1.16. The van der Waals surface area contributed by atoms with Crippen molar-refractivity contribution in [1.29, 1.82) is 0 Å². The Labute approximate surface area is 109 Å². The van der Waals surface area contributed by atoms with Gasteiger partial charge in [0.05, 0.1) is 0 Å². The third-order valence-corrected chi connectivity index (χ3v) is 3.40. The van der Waals surface area contributed by atoms with Gasteiger partial charge in [0.2, 0.25) is 0 Å². The number of nitrogens with one attached hydrogen (secondary N) is 1. The van der Waals surface area contributed by atoms with Gasteiger partial charge in [-0.3, -0.25) is 4.79 Å². The molecule has 1 aliphatic rings. The lowest BCUT2D eigenvalue weighted by Gasteiger charge is -2.13. The molecule has 0 radical (unpaired) electrons. The Morgan fingerprint density at radius 3 is 3.12 bits per heavy atom. The molecule has 4 nitrogen and oxygen atoms in total. The lowest BCUT2D eigenvalue weighted by atomic mass is 10.2. The lowest BCUT2D eigenvalue weighted by Crippen LogP contribution is -2.37. The van der Waals surface area contributed by atoms with Crippen molar-refractivity contribution in [3.63, 3.8) is 0 Å². The molecule has 1 saturated carbocycles. The van der Waals surface area contributed by atoms with E-state index in [2.05, 4.69) is 26.2 Å². The van der Waals surface area contributed by atoms with Crippen LogP contribution < -0.4 is 10.1 Å². The molecule has 17 heavy (non-hydrogen) atoms. The standard InChI is InChI=1S/C12H15BrN2O2/c1-8(9-4-5-9)15-11(16)7-17-10-3-2-6-14-12(10)13/h2-3,6,8-9H,4-5,7H2,1H3,(H,15,16)/t8-/m0/s1. The summed E-state index contributed by atoms with van der Waals surface area (Å²) >= 11 is 3.26. The van der Waals surface area contributed by atoms with E-state index in [4.69, 9.17) is 4.74 Å². The molecule has 5 heteroatoms. The van der Waals surface area contributed by atoms with Gasteiger partial charge in [-0.25, -0.2) is 4.98 Å². The molecule has 0 aliphatic heterocycles. The first-order valence-corrected chi connectivity index (χ1v) is 6.49. The predicted octanol–water partition coefficient (Wildman–Crippen LogP) is 2.14. The summed E-state index contributed by atoms with van der Waals surface area (Å²) in [5, 5.41) is 2.93. The molecule has 0 saturated heterocycles. The van der Waals surface area contributed by atoms with Gasteiger partial charge in [0.25, 0.3) is 5.91 Å². The van der Waals surface area contributed by atoms with Crippen molar-refractivity contribution in [3.05, 3.63) is 22.9 Å². The van der Waals surface area contributed by atoms with Crippen molar-refractivity contribution in [2.24, 2.45) is 5.92 Å². The van der Waals surface area contributed by atoms with E-state index >= 15 is 0 Å². The van der Waals surface area contributed by atoms with E-state index in [-0.39, 0.29) is 18.6 Å². The van der Waals surface area contributed by atoms with Crippen LogP contribution in [-0.4, -0.2) is 23.5 Å². The molecule has 0 spiro atoms. The van der Waals surface area contributed by atoms with E-state index in [0.717, 1.165) is 0 Å². The van der Waals surface area contributed by atoms with E-state index in [1.165, 1.54) is 12.8 Å². The summed E-state index contributed by atoms with van der Waals surface area (Å²) in [5.41, 5.74) is 0. The zero-order valence-electron chi connectivity index (χ0n) is 9.65. The van der Waals surface area contributed by atoms with Crippen molar-refractivity contribution >= 4 is 21.8 Å². The maximum Gasteiger partial charge on any atom is 0.258 e. The van der Waals surface area contributed by atoms with Crippen LogP contribution in [0.25, 0.3) is 0 Å². The lowest BCUT2D eigenvalue weighted by molar-refractivity contribution is -0.123. The quantitative estimate of drug-likeness (QED) is 0.848. The fourth-order valence-corrected chi connectivity index (χ4v) is 2.00. The highest BCUT2D eigenvalue weighted by atomic mass is 79.9. The monoisotopic (exact) mass is 298 g/mol. The average molecular weight is 299 g/mol. The van der Waals surface area contributed by atoms with Crippen LogP contribution in [0.1, 0.15) is 19.8 Å². The molecular weight excluding hydrogens is 284 g/mol. The van der Waals surface area contributed by atoms with Crippen molar-refractivity contribution in [3.8, 4) is 5.75 Å². The molecule has 1 aromatic rings. The van der Waals surface area contributed by atoms with Crippen LogP contribution in [0.5, 0.6) is 5.75 Å². The second kappa shape index (κ2) is 5.49. The van der Waals surface area contributed by atoms with Crippen LogP contribution in [0.4, 0.5) is 0 Å².